The van der Waals surface area contributed by atoms with Gasteiger partial charge in [0.05, 0.1) is 12.6 Å². The number of rotatable bonds is 5. The van der Waals surface area contributed by atoms with Crippen LogP contribution in [0.1, 0.15) is 25.5 Å². The van der Waals surface area contributed by atoms with Crippen molar-refractivity contribution in [2.45, 2.75) is 19.9 Å². The number of aliphatic hydroxyl groups excluding tert-OH is 1. The Morgan fingerprint density at radius 1 is 1.19 bits per heavy atom. The quantitative estimate of drug-likeness (QED) is 0.853. The second kappa shape index (κ2) is 6.45. The molecule has 90 valence electrons. The molecule has 16 heavy (non-hydrogen) atoms. The zero-order valence-electron chi connectivity index (χ0n) is 9.50. The Morgan fingerprint density at radius 3 is 2.19 bits per heavy atom. The average Bonchev–Trinajstić information content (AvgIpc) is 2.16. The summed E-state index contributed by atoms with van der Waals surface area (Å²) in [5.41, 5.74) is 0.917. The second-order valence-electron chi connectivity index (χ2n) is 4.24. The highest BCUT2D eigenvalue weighted by molar-refractivity contribution is 6.34. The van der Waals surface area contributed by atoms with Gasteiger partial charge in [-0.2, -0.15) is 0 Å². The summed E-state index contributed by atoms with van der Waals surface area (Å²) in [5.74, 6) is 0.531. The van der Waals surface area contributed by atoms with Gasteiger partial charge in [0.25, 0.3) is 0 Å². The SMILES string of the molecule is CC(C)CNC(CO)c1cc(Cl)cc(Cl)c1. The van der Waals surface area contributed by atoms with E-state index in [9.17, 15) is 5.11 Å². The highest BCUT2D eigenvalue weighted by atomic mass is 35.5. The maximum atomic E-state index is 9.33. The number of halogens is 2. The molecule has 0 saturated heterocycles. The summed E-state index contributed by atoms with van der Waals surface area (Å²) in [4.78, 5) is 0. The maximum Gasteiger partial charge on any atom is 0.0626 e. The van der Waals surface area contributed by atoms with Gasteiger partial charge in [-0.15, -0.1) is 0 Å². The van der Waals surface area contributed by atoms with Gasteiger partial charge in [0, 0.05) is 10.0 Å². The van der Waals surface area contributed by atoms with Crippen LogP contribution in [0.3, 0.4) is 0 Å². The Kier molecular flexibility index (Phi) is 5.56. The van der Waals surface area contributed by atoms with Crippen molar-refractivity contribution >= 4 is 23.2 Å². The van der Waals surface area contributed by atoms with Gasteiger partial charge in [-0.1, -0.05) is 37.0 Å². The van der Waals surface area contributed by atoms with Gasteiger partial charge in [0.15, 0.2) is 0 Å². The summed E-state index contributed by atoms with van der Waals surface area (Å²) >= 11 is 11.8. The Balaban J connectivity index is 2.78. The highest BCUT2D eigenvalue weighted by Crippen LogP contribution is 2.23. The molecule has 1 rings (SSSR count). The molecular weight excluding hydrogens is 245 g/mol. The van der Waals surface area contributed by atoms with E-state index in [1.54, 1.807) is 6.07 Å². The average molecular weight is 262 g/mol. The molecule has 0 spiro atoms. The summed E-state index contributed by atoms with van der Waals surface area (Å²) in [6.07, 6.45) is 0. The van der Waals surface area contributed by atoms with Gasteiger partial charge in [0.2, 0.25) is 0 Å². The first-order valence-corrected chi connectivity index (χ1v) is 6.08. The predicted molar refractivity (Wildman–Crippen MR) is 69.1 cm³/mol. The number of benzene rings is 1. The topological polar surface area (TPSA) is 32.3 Å². The third-order valence-corrected chi connectivity index (χ3v) is 2.68. The first-order valence-electron chi connectivity index (χ1n) is 5.33. The van der Waals surface area contributed by atoms with Gasteiger partial charge in [-0.3, -0.25) is 0 Å². The Morgan fingerprint density at radius 2 is 1.75 bits per heavy atom. The molecule has 1 aromatic carbocycles. The largest absolute Gasteiger partial charge is 0.394 e. The van der Waals surface area contributed by atoms with Crippen LogP contribution in [0.2, 0.25) is 10.0 Å². The van der Waals surface area contributed by atoms with Gasteiger partial charge in [-0.25, -0.2) is 0 Å². The van der Waals surface area contributed by atoms with E-state index in [4.69, 9.17) is 23.2 Å². The first-order chi connectivity index (χ1) is 7.52. The monoisotopic (exact) mass is 261 g/mol. The minimum atomic E-state index is -0.112. The minimum Gasteiger partial charge on any atom is -0.394 e. The lowest BCUT2D eigenvalue weighted by atomic mass is 10.1. The molecule has 4 heteroatoms. The summed E-state index contributed by atoms with van der Waals surface area (Å²) < 4.78 is 0. The molecule has 0 fully saturated rings. The van der Waals surface area contributed by atoms with E-state index < -0.39 is 0 Å². The number of aliphatic hydroxyl groups is 1. The smallest absolute Gasteiger partial charge is 0.0626 e. The van der Waals surface area contributed by atoms with Gasteiger partial charge in [-0.05, 0) is 36.2 Å². The van der Waals surface area contributed by atoms with Gasteiger partial charge in [0.1, 0.15) is 0 Å². The van der Waals surface area contributed by atoms with E-state index >= 15 is 0 Å². The van der Waals surface area contributed by atoms with Crippen molar-refractivity contribution in [2.24, 2.45) is 5.92 Å². The summed E-state index contributed by atoms with van der Waals surface area (Å²) in [7, 11) is 0. The van der Waals surface area contributed by atoms with Crippen LogP contribution in [-0.4, -0.2) is 18.3 Å². The molecule has 0 amide bonds. The van der Waals surface area contributed by atoms with E-state index in [0.29, 0.717) is 16.0 Å². The van der Waals surface area contributed by atoms with Crippen molar-refractivity contribution in [1.82, 2.24) is 5.32 Å². The fraction of sp³-hybridized carbons (Fsp3) is 0.500. The van der Waals surface area contributed by atoms with Crippen molar-refractivity contribution in [3.8, 4) is 0 Å². The minimum absolute atomic E-state index is 0.0311. The molecule has 1 aromatic rings. The molecule has 1 unspecified atom stereocenters. The fourth-order valence-electron chi connectivity index (χ4n) is 1.44. The van der Waals surface area contributed by atoms with E-state index in [0.717, 1.165) is 12.1 Å². The maximum absolute atomic E-state index is 9.33. The second-order valence-corrected chi connectivity index (χ2v) is 5.11. The standard InChI is InChI=1S/C12H17Cl2NO/c1-8(2)6-15-12(7-16)9-3-10(13)5-11(14)4-9/h3-5,8,12,15-16H,6-7H2,1-2H3. The Bertz CT molecular complexity index is 322. The van der Waals surface area contributed by atoms with Crippen LogP contribution >= 0.6 is 23.2 Å². The normalized spacial score (nSPS) is 13.1. The molecule has 2 N–H and O–H groups in total. The van der Waals surface area contributed by atoms with E-state index in [-0.39, 0.29) is 12.6 Å². The van der Waals surface area contributed by atoms with Crippen LogP contribution in [0, 0.1) is 5.92 Å². The fourth-order valence-corrected chi connectivity index (χ4v) is 1.99. The molecule has 0 aromatic heterocycles. The first kappa shape index (κ1) is 13.8. The molecule has 0 aliphatic heterocycles. The lowest BCUT2D eigenvalue weighted by Gasteiger charge is -2.18. The predicted octanol–water partition coefficient (Wildman–Crippen LogP) is 3.27. The van der Waals surface area contributed by atoms with E-state index in [1.807, 2.05) is 12.1 Å². The van der Waals surface area contributed by atoms with Crippen molar-refractivity contribution in [3.63, 3.8) is 0 Å². The molecule has 0 aliphatic carbocycles. The third-order valence-electron chi connectivity index (χ3n) is 2.24. The summed E-state index contributed by atoms with van der Waals surface area (Å²) in [6.45, 7) is 5.11. The van der Waals surface area contributed by atoms with E-state index in [2.05, 4.69) is 19.2 Å². The van der Waals surface area contributed by atoms with Crippen LogP contribution in [0.4, 0.5) is 0 Å². The molecule has 0 bridgehead atoms. The molecule has 0 saturated carbocycles. The van der Waals surface area contributed by atoms with Crippen molar-refractivity contribution in [2.75, 3.05) is 13.2 Å². The lowest BCUT2D eigenvalue weighted by molar-refractivity contribution is 0.241. The van der Waals surface area contributed by atoms with Crippen LogP contribution in [0.25, 0.3) is 0 Å². The number of hydrogen-bond donors (Lipinski definition) is 2. The van der Waals surface area contributed by atoms with Crippen LogP contribution in [0.15, 0.2) is 18.2 Å². The van der Waals surface area contributed by atoms with Crippen molar-refractivity contribution in [1.29, 1.82) is 0 Å². The van der Waals surface area contributed by atoms with Crippen molar-refractivity contribution < 1.29 is 5.11 Å². The Labute approximate surface area is 107 Å². The van der Waals surface area contributed by atoms with Crippen LogP contribution in [0.5, 0.6) is 0 Å². The molecule has 0 heterocycles. The molecule has 2 nitrogen and oxygen atoms in total. The molecule has 1 atom stereocenters. The number of nitrogens with one attached hydrogen (secondary N) is 1. The summed E-state index contributed by atoms with van der Waals surface area (Å²) in [5, 5.41) is 13.8. The lowest BCUT2D eigenvalue weighted by Crippen LogP contribution is -2.27. The molecule has 0 aliphatic rings. The highest BCUT2D eigenvalue weighted by Gasteiger charge is 2.11. The van der Waals surface area contributed by atoms with Crippen LogP contribution < -0.4 is 5.32 Å². The number of hydrogen-bond acceptors (Lipinski definition) is 2. The zero-order chi connectivity index (χ0) is 12.1. The van der Waals surface area contributed by atoms with Gasteiger partial charge >= 0.3 is 0 Å². The Hall–Kier alpha value is -0.280. The van der Waals surface area contributed by atoms with Crippen molar-refractivity contribution in [3.05, 3.63) is 33.8 Å². The van der Waals surface area contributed by atoms with Gasteiger partial charge < -0.3 is 10.4 Å². The third kappa shape index (κ3) is 4.30. The van der Waals surface area contributed by atoms with Crippen LogP contribution in [-0.2, 0) is 0 Å². The van der Waals surface area contributed by atoms with E-state index in [1.165, 1.54) is 0 Å². The molecule has 0 radical (unpaired) electrons. The summed E-state index contributed by atoms with van der Waals surface area (Å²) in [6, 6.07) is 5.21. The zero-order valence-corrected chi connectivity index (χ0v) is 11.0. The molecular formula is C12H17Cl2NO.